The number of ether oxygens (including phenoxy) is 2. The van der Waals surface area contributed by atoms with Crippen LogP contribution in [0.5, 0.6) is 5.75 Å². The number of aryl methyl sites for hydroxylation is 2. The fourth-order valence-corrected chi connectivity index (χ4v) is 7.97. The van der Waals surface area contributed by atoms with E-state index in [-0.39, 0.29) is 29.0 Å². The molecule has 0 saturated carbocycles. The third kappa shape index (κ3) is 7.11. The van der Waals surface area contributed by atoms with Crippen molar-refractivity contribution in [1.29, 1.82) is 0 Å². The average Bonchev–Trinajstić information content (AvgIpc) is 3.56. The molecule has 0 amide bonds. The lowest BCUT2D eigenvalue weighted by Gasteiger charge is -2.38. The van der Waals surface area contributed by atoms with Gasteiger partial charge in [-0.05, 0) is 63.1 Å². The van der Waals surface area contributed by atoms with Gasteiger partial charge in [-0.15, -0.1) is 0 Å². The molecule has 2 fully saturated rings. The monoisotopic (exact) mass is 633 g/mol. The maximum atomic E-state index is 13.5. The number of nitrogens with one attached hydrogen (secondary N) is 2. The van der Waals surface area contributed by atoms with E-state index in [4.69, 9.17) is 9.47 Å². The van der Waals surface area contributed by atoms with Crippen LogP contribution in [0.15, 0.2) is 64.5 Å². The van der Waals surface area contributed by atoms with Gasteiger partial charge in [-0.2, -0.15) is 9.40 Å². The maximum Gasteiger partial charge on any atom is 0.243 e. The van der Waals surface area contributed by atoms with Crippen LogP contribution in [0.4, 0.5) is 0 Å². The molecule has 2 aliphatic heterocycles. The highest BCUT2D eigenvalue weighted by Crippen LogP contribution is 2.38. The Morgan fingerprint density at radius 1 is 1.12 bits per heavy atom. The third-order valence-electron chi connectivity index (χ3n) is 8.11. The standard InChI is InChI=1S/C29H39N5O7S2/c1-21-28(18-33(3)32-21)22-6-4-9-27(14-22)43(38,39)34-12-10-29(11-13-34)16-23(19-41-29)31-17-24(35)20-40-25-7-5-8-26(15-25)42(36,37)30-2/h4-9,14-15,18,23-24,30-31,35H,10-13,16-17,19-20H2,1-3H3. The highest BCUT2D eigenvalue weighted by atomic mass is 32.2. The van der Waals surface area contributed by atoms with E-state index in [1.807, 2.05) is 26.2 Å². The van der Waals surface area contributed by atoms with E-state index in [0.29, 0.717) is 44.7 Å². The van der Waals surface area contributed by atoms with Gasteiger partial charge in [0.2, 0.25) is 20.0 Å². The zero-order valence-corrected chi connectivity index (χ0v) is 26.2. The molecule has 1 spiro atoms. The molecule has 3 N–H and O–H groups in total. The lowest BCUT2D eigenvalue weighted by atomic mass is 9.88. The lowest BCUT2D eigenvalue weighted by Crippen LogP contribution is -2.47. The van der Waals surface area contributed by atoms with Crippen molar-refractivity contribution in [3.05, 3.63) is 60.4 Å². The topological polar surface area (TPSA) is 152 Å². The van der Waals surface area contributed by atoms with Gasteiger partial charge in [-0.3, -0.25) is 4.68 Å². The predicted molar refractivity (Wildman–Crippen MR) is 161 cm³/mol. The van der Waals surface area contributed by atoms with Crippen molar-refractivity contribution >= 4 is 20.0 Å². The van der Waals surface area contributed by atoms with Crippen LogP contribution in [0, 0.1) is 6.92 Å². The van der Waals surface area contributed by atoms with Crippen molar-refractivity contribution in [3.63, 3.8) is 0 Å². The van der Waals surface area contributed by atoms with E-state index < -0.39 is 31.8 Å². The number of nitrogens with zero attached hydrogens (tertiary/aromatic N) is 3. The van der Waals surface area contributed by atoms with Crippen molar-refractivity contribution in [1.82, 2.24) is 24.1 Å². The van der Waals surface area contributed by atoms with E-state index in [1.54, 1.807) is 35.0 Å². The van der Waals surface area contributed by atoms with E-state index in [1.165, 1.54) is 23.5 Å². The predicted octanol–water partition coefficient (Wildman–Crippen LogP) is 1.65. The quantitative estimate of drug-likeness (QED) is 0.286. The molecule has 0 radical (unpaired) electrons. The summed E-state index contributed by atoms with van der Waals surface area (Å²) in [5, 5.41) is 18.2. The minimum absolute atomic E-state index is 0.0108. The Bertz CT molecular complexity index is 1650. The van der Waals surface area contributed by atoms with Crippen molar-refractivity contribution < 1.29 is 31.4 Å². The van der Waals surface area contributed by atoms with Crippen LogP contribution >= 0.6 is 0 Å². The molecule has 3 heterocycles. The van der Waals surface area contributed by atoms with Crippen LogP contribution in [0.3, 0.4) is 0 Å². The van der Waals surface area contributed by atoms with Crippen LogP contribution in [-0.2, 0) is 31.8 Å². The zero-order chi connectivity index (χ0) is 30.8. The Kier molecular flexibility index (Phi) is 9.28. The second kappa shape index (κ2) is 12.6. The molecular formula is C29H39N5O7S2. The van der Waals surface area contributed by atoms with Crippen molar-refractivity contribution in [2.45, 2.75) is 53.7 Å². The number of rotatable bonds is 11. The van der Waals surface area contributed by atoms with Crippen LogP contribution in [0.1, 0.15) is 25.0 Å². The molecule has 2 aromatic carbocycles. The highest BCUT2D eigenvalue weighted by Gasteiger charge is 2.44. The van der Waals surface area contributed by atoms with Crippen LogP contribution < -0.4 is 14.8 Å². The fourth-order valence-electron chi connectivity index (χ4n) is 5.72. The van der Waals surface area contributed by atoms with E-state index in [0.717, 1.165) is 16.8 Å². The minimum Gasteiger partial charge on any atom is -0.491 e. The van der Waals surface area contributed by atoms with Crippen molar-refractivity contribution in [2.24, 2.45) is 7.05 Å². The summed E-state index contributed by atoms with van der Waals surface area (Å²) in [5.74, 6) is 0.346. The third-order valence-corrected chi connectivity index (χ3v) is 11.4. The first kappa shape index (κ1) is 31.6. The molecule has 2 atom stereocenters. The number of aromatic nitrogens is 2. The number of sulfonamides is 2. The van der Waals surface area contributed by atoms with Gasteiger partial charge >= 0.3 is 0 Å². The SMILES string of the molecule is CNS(=O)(=O)c1cccc(OCC(O)CNC2COC3(CCN(S(=O)(=O)c4cccc(-c5cn(C)nc5C)c4)CC3)C2)c1. The Morgan fingerprint density at radius 3 is 2.53 bits per heavy atom. The largest absolute Gasteiger partial charge is 0.491 e. The number of aliphatic hydroxyl groups excluding tert-OH is 1. The first-order valence-corrected chi connectivity index (χ1v) is 17.2. The number of aliphatic hydroxyl groups is 1. The molecule has 43 heavy (non-hydrogen) atoms. The Morgan fingerprint density at radius 2 is 1.84 bits per heavy atom. The summed E-state index contributed by atoms with van der Waals surface area (Å²) in [6, 6.07) is 13.1. The van der Waals surface area contributed by atoms with Crippen molar-refractivity contribution in [3.8, 4) is 16.9 Å². The fraction of sp³-hybridized carbons (Fsp3) is 0.483. The number of hydrogen-bond donors (Lipinski definition) is 3. The highest BCUT2D eigenvalue weighted by molar-refractivity contribution is 7.89. The molecule has 5 rings (SSSR count). The van der Waals surface area contributed by atoms with Gasteiger partial charge in [0.05, 0.1) is 27.7 Å². The minimum atomic E-state index is -3.67. The normalized spacial score (nSPS) is 20.0. The van der Waals surface area contributed by atoms with Crippen LogP contribution in [0.25, 0.3) is 11.1 Å². The number of benzene rings is 2. The van der Waals surface area contributed by atoms with Gasteiger partial charge in [0.15, 0.2) is 0 Å². The summed E-state index contributed by atoms with van der Waals surface area (Å²) in [6.07, 6.45) is 2.96. The van der Waals surface area contributed by atoms with Gasteiger partial charge in [0.25, 0.3) is 0 Å². The smallest absolute Gasteiger partial charge is 0.243 e. The molecule has 0 bridgehead atoms. The molecule has 3 aromatic rings. The van der Waals surface area contributed by atoms with Crippen molar-refractivity contribution in [2.75, 3.05) is 39.9 Å². The van der Waals surface area contributed by atoms with Gasteiger partial charge in [0, 0.05) is 50.6 Å². The molecule has 0 aliphatic carbocycles. The van der Waals surface area contributed by atoms with Gasteiger partial charge < -0.3 is 19.9 Å². The Hall–Kier alpha value is -2.85. The molecule has 2 unspecified atom stereocenters. The summed E-state index contributed by atoms with van der Waals surface area (Å²) < 4.78 is 68.4. The molecular weight excluding hydrogens is 594 g/mol. The van der Waals surface area contributed by atoms with Crippen LogP contribution in [-0.4, -0.2) is 93.7 Å². The van der Waals surface area contributed by atoms with E-state index in [9.17, 15) is 21.9 Å². The summed E-state index contributed by atoms with van der Waals surface area (Å²) in [5.41, 5.74) is 2.15. The number of hydrogen-bond acceptors (Lipinski definition) is 9. The molecule has 2 aliphatic rings. The summed E-state index contributed by atoms with van der Waals surface area (Å²) in [6.45, 7) is 3.36. The molecule has 234 valence electrons. The first-order chi connectivity index (χ1) is 20.4. The summed E-state index contributed by atoms with van der Waals surface area (Å²) >= 11 is 0. The number of piperidine rings is 1. The molecule has 1 aromatic heterocycles. The Labute approximate surface area is 253 Å². The maximum absolute atomic E-state index is 13.5. The van der Waals surface area contributed by atoms with Crippen LogP contribution in [0.2, 0.25) is 0 Å². The molecule has 2 saturated heterocycles. The first-order valence-electron chi connectivity index (χ1n) is 14.2. The molecule has 14 heteroatoms. The van der Waals surface area contributed by atoms with E-state index in [2.05, 4.69) is 15.1 Å². The summed E-state index contributed by atoms with van der Waals surface area (Å²) in [4.78, 5) is 0.350. The second-order valence-electron chi connectivity index (χ2n) is 11.2. The zero-order valence-electron chi connectivity index (χ0n) is 24.6. The Balaban J connectivity index is 1.11. The van der Waals surface area contributed by atoms with Gasteiger partial charge in [-0.1, -0.05) is 18.2 Å². The molecule has 12 nitrogen and oxygen atoms in total. The van der Waals surface area contributed by atoms with Gasteiger partial charge in [0.1, 0.15) is 18.5 Å². The lowest BCUT2D eigenvalue weighted by molar-refractivity contribution is -0.0312. The summed E-state index contributed by atoms with van der Waals surface area (Å²) in [7, 11) is -4.08. The second-order valence-corrected chi connectivity index (χ2v) is 15.0. The average molecular weight is 634 g/mol. The van der Waals surface area contributed by atoms with Gasteiger partial charge in [-0.25, -0.2) is 21.6 Å². The van der Waals surface area contributed by atoms with E-state index >= 15 is 0 Å².